The maximum Gasteiger partial charge on any atom is 0.303 e. The Hall–Kier alpha value is -2.41. The summed E-state index contributed by atoms with van der Waals surface area (Å²) in [5, 5.41) is 13.6. The fourth-order valence-corrected chi connectivity index (χ4v) is 2.39. The molecule has 1 heterocycles. The smallest absolute Gasteiger partial charge is 0.303 e. The Morgan fingerprint density at radius 3 is 2.86 bits per heavy atom. The lowest BCUT2D eigenvalue weighted by molar-refractivity contribution is -0.137. The fraction of sp³-hybridized carbons (Fsp3) is 0.214. The maximum absolute atomic E-state index is 11.9. The number of carbonyl (C=O) groups excluding carboxylic acids is 1. The molecule has 2 aromatic rings. The third-order valence-electron chi connectivity index (χ3n) is 2.75. The average molecular weight is 305 g/mol. The van der Waals surface area contributed by atoms with Gasteiger partial charge in [-0.2, -0.15) is 0 Å². The minimum absolute atomic E-state index is 0.0650. The van der Waals surface area contributed by atoms with Crippen molar-refractivity contribution in [1.82, 2.24) is 4.98 Å². The van der Waals surface area contributed by atoms with Gasteiger partial charge in [-0.1, -0.05) is 12.1 Å². The highest BCUT2D eigenvalue weighted by molar-refractivity contribution is 7.13. The van der Waals surface area contributed by atoms with Crippen molar-refractivity contribution in [3.63, 3.8) is 0 Å². The van der Waals surface area contributed by atoms with Gasteiger partial charge >= 0.3 is 5.97 Å². The summed E-state index contributed by atoms with van der Waals surface area (Å²) in [6.45, 7) is 0. The van der Waals surface area contributed by atoms with Gasteiger partial charge in [0.15, 0.2) is 5.13 Å². The van der Waals surface area contributed by atoms with Crippen LogP contribution in [0.2, 0.25) is 0 Å². The van der Waals surface area contributed by atoms with Crippen molar-refractivity contribution >= 4 is 34.0 Å². The molecule has 1 amide bonds. The maximum atomic E-state index is 11.9. The number of nitrogens with zero attached hydrogens (tertiary/aromatic N) is 1. The predicted molar refractivity (Wildman–Crippen MR) is 81.3 cm³/mol. The van der Waals surface area contributed by atoms with Crippen LogP contribution in [0.25, 0.3) is 0 Å². The van der Waals surface area contributed by atoms with Crippen molar-refractivity contribution in [3.8, 4) is 0 Å². The van der Waals surface area contributed by atoms with Crippen molar-refractivity contribution in [2.45, 2.75) is 19.3 Å². The van der Waals surface area contributed by atoms with Gasteiger partial charge in [0, 0.05) is 17.5 Å². The molecule has 7 heteroatoms. The van der Waals surface area contributed by atoms with Gasteiger partial charge in [0.1, 0.15) is 0 Å². The summed E-state index contributed by atoms with van der Waals surface area (Å²) in [7, 11) is 0. The van der Waals surface area contributed by atoms with Crippen LogP contribution in [0.4, 0.5) is 10.8 Å². The van der Waals surface area contributed by atoms with Crippen LogP contribution in [0.15, 0.2) is 29.6 Å². The number of aromatic nitrogens is 1. The molecule has 0 spiro atoms. The molecular weight excluding hydrogens is 290 g/mol. The lowest BCUT2D eigenvalue weighted by atomic mass is 10.1. The molecule has 4 N–H and O–H groups in total. The van der Waals surface area contributed by atoms with E-state index in [1.54, 1.807) is 23.6 Å². The number of nitrogens with two attached hydrogens (primary N) is 1. The highest BCUT2D eigenvalue weighted by atomic mass is 32.1. The van der Waals surface area contributed by atoms with Crippen LogP contribution >= 0.6 is 11.3 Å². The zero-order chi connectivity index (χ0) is 15.2. The third kappa shape index (κ3) is 4.88. The van der Waals surface area contributed by atoms with E-state index in [0.29, 0.717) is 22.9 Å². The summed E-state index contributed by atoms with van der Waals surface area (Å²) in [6.07, 6.45) is 0.657. The second-order valence-corrected chi connectivity index (χ2v) is 5.39. The van der Waals surface area contributed by atoms with Crippen LogP contribution in [0.3, 0.4) is 0 Å². The van der Waals surface area contributed by atoms with Gasteiger partial charge in [-0.05, 0) is 24.1 Å². The Morgan fingerprint density at radius 2 is 2.19 bits per heavy atom. The Morgan fingerprint density at radius 1 is 1.38 bits per heavy atom. The zero-order valence-electron chi connectivity index (χ0n) is 11.2. The molecule has 0 aliphatic rings. The number of carboxylic acids is 1. The van der Waals surface area contributed by atoms with E-state index in [0.717, 1.165) is 5.56 Å². The topological polar surface area (TPSA) is 105 Å². The first-order chi connectivity index (χ1) is 10.0. The van der Waals surface area contributed by atoms with Crippen LogP contribution in [0.1, 0.15) is 17.7 Å². The van der Waals surface area contributed by atoms with Gasteiger partial charge in [0.2, 0.25) is 5.91 Å². The Kier molecular flexibility index (Phi) is 4.89. The molecule has 0 fully saturated rings. The Balaban J connectivity index is 1.94. The summed E-state index contributed by atoms with van der Waals surface area (Å²) in [5.41, 5.74) is 7.66. The molecule has 2 rings (SSSR count). The molecule has 0 aliphatic heterocycles. The molecule has 1 aromatic heterocycles. The van der Waals surface area contributed by atoms with Gasteiger partial charge in [-0.25, -0.2) is 4.98 Å². The average Bonchev–Trinajstić information content (AvgIpc) is 2.82. The quantitative estimate of drug-likeness (QED) is 0.756. The molecule has 0 aliphatic carbocycles. The van der Waals surface area contributed by atoms with E-state index in [4.69, 9.17) is 10.8 Å². The number of carboxylic acid groups (broad SMARTS) is 1. The lowest BCUT2D eigenvalue weighted by Gasteiger charge is -2.06. The van der Waals surface area contributed by atoms with E-state index in [9.17, 15) is 9.59 Å². The van der Waals surface area contributed by atoms with Crippen LogP contribution in [-0.4, -0.2) is 22.0 Å². The second kappa shape index (κ2) is 6.85. The number of amides is 1. The van der Waals surface area contributed by atoms with Crippen LogP contribution in [0.5, 0.6) is 0 Å². The number of benzene rings is 1. The van der Waals surface area contributed by atoms with Crippen LogP contribution in [-0.2, 0) is 22.4 Å². The molecular formula is C14H15N3O3S. The van der Waals surface area contributed by atoms with E-state index < -0.39 is 5.97 Å². The van der Waals surface area contributed by atoms with E-state index >= 15 is 0 Å². The second-order valence-electron chi connectivity index (χ2n) is 4.50. The summed E-state index contributed by atoms with van der Waals surface area (Å²) < 4.78 is 0. The standard InChI is InChI=1S/C14H15N3O3S/c15-14-17-11(8-21-14)7-12(18)16-10-3-1-2-9(6-10)4-5-13(19)20/h1-3,6,8H,4-5,7H2,(H2,15,17)(H,16,18)(H,19,20). The first-order valence-corrected chi connectivity index (χ1v) is 7.21. The van der Waals surface area contributed by atoms with Gasteiger partial charge in [0.05, 0.1) is 12.1 Å². The molecule has 0 unspecified atom stereocenters. The van der Waals surface area contributed by atoms with Crippen LogP contribution in [0, 0.1) is 0 Å². The first kappa shape index (κ1) is 15.0. The molecule has 0 bridgehead atoms. The van der Waals surface area contributed by atoms with Gasteiger partial charge < -0.3 is 16.2 Å². The molecule has 0 atom stereocenters. The number of nitrogen functional groups attached to an aromatic ring is 1. The van der Waals surface area contributed by atoms with E-state index in [-0.39, 0.29) is 18.7 Å². The van der Waals surface area contributed by atoms with E-state index in [1.165, 1.54) is 11.3 Å². The minimum atomic E-state index is -0.842. The van der Waals surface area contributed by atoms with Crippen molar-refractivity contribution < 1.29 is 14.7 Å². The predicted octanol–water partition coefficient (Wildman–Crippen LogP) is 1.92. The summed E-state index contributed by atoms with van der Waals surface area (Å²) in [4.78, 5) is 26.5. The fourth-order valence-electron chi connectivity index (χ4n) is 1.83. The van der Waals surface area contributed by atoms with Crippen molar-refractivity contribution in [1.29, 1.82) is 0 Å². The number of anilines is 2. The highest BCUT2D eigenvalue weighted by Crippen LogP contribution is 2.14. The van der Waals surface area contributed by atoms with Crippen molar-refractivity contribution in [3.05, 3.63) is 40.9 Å². The number of aliphatic carboxylic acids is 1. The van der Waals surface area contributed by atoms with Crippen molar-refractivity contribution in [2.75, 3.05) is 11.1 Å². The number of rotatable bonds is 6. The van der Waals surface area contributed by atoms with Gasteiger partial charge in [0.25, 0.3) is 0 Å². The Labute approximate surface area is 125 Å². The van der Waals surface area contributed by atoms with Crippen LogP contribution < -0.4 is 11.1 Å². The first-order valence-electron chi connectivity index (χ1n) is 6.33. The molecule has 21 heavy (non-hydrogen) atoms. The Bertz CT molecular complexity index is 654. The van der Waals surface area contributed by atoms with Crippen molar-refractivity contribution in [2.24, 2.45) is 0 Å². The third-order valence-corrected chi connectivity index (χ3v) is 3.47. The zero-order valence-corrected chi connectivity index (χ0v) is 12.0. The summed E-state index contributed by atoms with van der Waals surface area (Å²) >= 11 is 1.30. The largest absolute Gasteiger partial charge is 0.481 e. The van der Waals surface area contributed by atoms with E-state index in [1.807, 2.05) is 6.07 Å². The normalized spacial score (nSPS) is 10.3. The minimum Gasteiger partial charge on any atom is -0.481 e. The van der Waals surface area contributed by atoms with Gasteiger partial charge in [-0.3, -0.25) is 9.59 Å². The highest BCUT2D eigenvalue weighted by Gasteiger charge is 2.08. The number of hydrogen-bond donors (Lipinski definition) is 3. The van der Waals surface area contributed by atoms with E-state index in [2.05, 4.69) is 10.3 Å². The molecule has 0 saturated heterocycles. The lowest BCUT2D eigenvalue weighted by Crippen LogP contribution is -2.14. The number of hydrogen-bond acceptors (Lipinski definition) is 5. The molecule has 0 radical (unpaired) electrons. The molecule has 110 valence electrons. The molecule has 6 nitrogen and oxygen atoms in total. The SMILES string of the molecule is Nc1nc(CC(=O)Nc2cccc(CCC(=O)O)c2)cs1. The monoisotopic (exact) mass is 305 g/mol. The van der Waals surface area contributed by atoms with Gasteiger partial charge in [-0.15, -0.1) is 11.3 Å². The summed E-state index contributed by atoms with van der Waals surface area (Å²) in [5.74, 6) is -1.03. The number of nitrogens with one attached hydrogen (secondary N) is 1. The number of aryl methyl sites for hydroxylation is 1. The summed E-state index contributed by atoms with van der Waals surface area (Å²) in [6, 6.07) is 7.15. The number of carbonyl (C=O) groups is 2. The number of thiazole rings is 1. The molecule has 1 aromatic carbocycles. The molecule has 0 saturated carbocycles.